The molecular weight excluding hydrogens is 296 g/mol. The highest BCUT2D eigenvalue weighted by Gasteiger charge is 2.31. The molecule has 2 N–H and O–H groups in total. The Balaban J connectivity index is 1.76. The normalized spacial score (nSPS) is 17.2. The molecule has 6 nitrogen and oxygen atoms in total. The van der Waals surface area contributed by atoms with Crippen molar-refractivity contribution in [3.05, 3.63) is 35.9 Å². The smallest absolute Gasteiger partial charge is 0.240 e. The lowest BCUT2D eigenvalue weighted by atomic mass is 9.97. The van der Waals surface area contributed by atoms with Gasteiger partial charge in [-0.2, -0.15) is 0 Å². The number of carbonyl (C=O) groups is 3. The van der Waals surface area contributed by atoms with Crippen molar-refractivity contribution in [1.82, 2.24) is 10.2 Å². The van der Waals surface area contributed by atoms with Crippen molar-refractivity contribution in [1.29, 1.82) is 0 Å². The van der Waals surface area contributed by atoms with Gasteiger partial charge in [0, 0.05) is 19.4 Å². The highest BCUT2D eigenvalue weighted by molar-refractivity contribution is 6.04. The maximum absolute atomic E-state index is 11.8. The van der Waals surface area contributed by atoms with Crippen LogP contribution in [0.1, 0.15) is 31.7 Å². The number of rotatable bonds is 7. The second kappa shape index (κ2) is 7.37. The number of amides is 3. The van der Waals surface area contributed by atoms with Crippen molar-refractivity contribution in [3.63, 3.8) is 0 Å². The molecular formula is C17H22N2O4. The van der Waals surface area contributed by atoms with E-state index in [0.29, 0.717) is 12.8 Å². The van der Waals surface area contributed by atoms with Crippen molar-refractivity contribution in [3.8, 4) is 0 Å². The summed E-state index contributed by atoms with van der Waals surface area (Å²) < 4.78 is 0. The van der Waals surface area contributed by atoms with E-state index in [1.807, 2.05) is 30.3 Å². The molecule has 1 atom stereocenters. The first-order valence-electron chi connectivity index (χ1n) is 7.73. The van der Waals surface area contributed by atoms with Crippen molar-refractivity contribution < 1.29 is 19.5 Å². The Morgan fingerprint density at radius 3 is 2.43 bits per heavy atom. The minimum absolute atomic E-state index is 0.0783. The van der Waals surface area contributed by atoms with E-state index in [-0.39, 0.29) is 37.7 Å². The Morgan fingerprint density at radius 2 is 1.83 bits per heavy atom. The zero-order valence-corrected chi connectivity index (χ0v) is 13.2. The predicted octanol–water partition coefficient (Wildman–Crippen LogP) is 0.635. The van der Waals surface area contributed by atoms with E-state index < -0.39 is 11.5 Å². The fourth-order valence-electron chi connectivity index (χ4n) is 2.43. The number of benzene rings is 1. The van der Waals surface area contributed by atoms with Gasteiger partial charge in [0.05, 0.1) is 5.60 Å². The molecule has 3 amide bonds. The Hall–Kier alpha value is -2.21. The molecule has 0 unspecified atom stereocenters. The van der Waals surface area contributed by atoms with Gasteiger partial charge in [-0.3, -0.25) is 19.3 Å². The second-order valence-corrected chi connectivity index (χ2v) is 6.13. The summed E-state index contributed by atoms with van der Waals surface area (Å²) in [7, 11) is 0. The van der Waals surface area contributed by atoms with Gasteiger partial charge in [-0.25, -0.2) is 0 Å². The third-order valence-corrected chi connectivity index (χ3v) is 3.92. The number of hydrogen-bond acceptors (Lipinski definition) is 4. The Bertz CT molecular complexity index is 568. The van der Waals surface area contributed by atoms with Crippen LogP contribution in [0, 0.1) is 0 Å². The molecule has 1 heterocycles. The number of hydrogen-bond donors (Lipinski definition) is 2. The summed E-state index contributed by atoms with van der Waals surface area (Å²) >= 11 is 0. The molecule has 23 heavy (non-hydrogen) atoms. The van der Waals surface area contributed by atoms with Gasteiger partial charge in [-0.15, -0.1) is 0 Å². The average molecular weight is 318 g/mol. The Labute approximate surface area is 135 Å². The van der Waals surface area contributed by atoms with Crippen LogP contribution >= 0.6 is 0 Å². The number of imide groups is 1. The third kappa shape index (κ3) is 5.17. The van der Waals surface area contributed by atoms with Crippen LogP contribution in [0.3, 0.4) is 0 Å². The first kappa shape index (κ1) is 17.1. The van der Waals surface area contributed by atoms with Crippen molar-refractivity contribution in [2.24, 2.45) is 0 Å². The maximum Gasteiger partial charge on any atom is 0.240 e. The van der Waals surface area contributed by atoms with Crippen LogP contribution in [0.2, 0.25) is 0 Å². The summed E-state index contributed by atoms with van der Waals surface area (Å²) in [6.07, 6.45) is 1.54. The van der Waals surface area contributed by atoms with Crippen LogP contribution in [0.4, 0.5) is 0 Å². The van der Waals surface area contributed by atoms with Crippen LogP contribution in [0.5, 0.6) is 0 Å². The molecule has 1 aliphatic heterocycles. The first-order valence-corrected chi connectivity index (χ1v) is 7.73. The quantitative estimate of drug-likeness (QED) is 0.722. The standard InChI is InChI=1S/C17H22N2O4/c1-17(23,10-9-13-5-3-2-4-6-13)12-18-14(20)11-19-15(21)7-8-16(19)22/h2-6,23H,7-12H2,1H3,(H,18,20)/t17-/m0/s1. The molecule has 1 fully saturated rings. The average Bonchev–Trinajstić information content (AvgIpc) is 2.84. The van der Waals surface area contributed by atoms with Gasteiger partial charge in [0.1, 0.15) is 6.54 Å². The number of carbonyl (C=O) groups excluding carboxylic acids is 3. The van der Waals surface area contributed by atoms with E-state index in [0.717, 1.165) is 10.5 Å². The Morgan fingerprint density at radius 1 is 1.22 bits per heavy atom. The summed E-state index contributed by atoms with van der Waals surface area (Å²) in [5.74, 6) is -1.07. The van der Waals surface area contributed by atoms with Gasteiger partial charge in [-0.05, 0) is 25.3 Å². The van der Waals surface area contributed by atoms with E-state index >= 15 is 0 Å². The predicted molar refractivity (Wildman–Crippen MR) is 84.4 cm³/mol. The highest BCUT2D eigenvalue weighted by atomic mass is 16.3. The number of aryl methyl sites for hydroxylation is 1. The van der Waals surface area contributed by atoms with Gasteiger partial charge in [0.2, 0.25) is 17.7 Å². The molecule has 0 aliphatic carbocycles. The van der Waals surface area contributed by atoms with Crippen LogP contribution in [0.15, 0.2) is 30.3 Å². The summed E-state index contributed by atoms with van der Waals surface area (Å²) in [5, 5.41) is 12.9. The zero-order valence-electron chi connectivity index (χ0n) is 13.2. The topological polar surface area (TPSA) is 86.7 Å². The maximum atomic E-state index is 11.8. The fraction of sp³-hybridized carbons (Fsp3) is 0.471. The molecule has 0 spiro atoms. The molecule has 1 aromatic rings. The summed E-state index contributed by atoms with van der Waals surface area (Å²) in [6.45, 7) is 1.46. The van der Waals surface area contributed by atoms with E-state index in [4.69, 9.17) is 0 Å². The molecule has 1 aliphatic rings. The lowest BCUT2D eigenvalue weighted by molar-refractivity contribution is -0.142. The SMILES string of the molecule is C[C@](O)(CCc1ccccc1)CNC(=O)CN1C(=O)CCC1=O. The summed E-state index contributed by atoms with van der Waals surface area (Å²) in [4.78, 5) is 35.7. The van der Waals surface area contributed by atoms with E-state index in [1.165, 1.54) is 0 Å². The van der Waals surface area contributed by atoms with Gasteiger partial charge < -0.3 is 10.4 Å². The van der Waals surface area contributed by atoms with Crippen LogP contribution in [0.25, 0.3) is 0 Å². The monoisotopic (exact) mass is 318 g/mol. The van der Waals surface area contributed by atoms with Gasteiger partial charge >= 0.3 is 0 Å². The highest BCUT2D eigenvalue weighted by Crippen LogP contribution is 2.14. The molecule has 0 saturated carbocycles. The van der Waals surface area contributed by atoms with E-state index in [1.54, 1.807) is 6.92 Å². The van der Waals surface area contributed by atoms with Gasteiger partial charge in [0.25, 0.3) is 0 Å². The van der Waals surface area contributed by atoms with Crippen LogP contribution in [-0.2, 0) is 20.8 Å². The summed E-state index contributed by atoms with van der Waals surface area (Å²) in [5.41, 5.74) is 0.0669. The van der Waals surface area contributed by atoms with Crippen LogP contribution in [-0.4, -0.2) is 46.4 Å². The molecule has 124 valence electrons. The van der Waals surface area contributed by atoms with Gasteiger partial charge in [0.15, 0.2) is 0 Å². The number of nitrogens with one attached hydrogen (secondary N) is 1. The van der Waals surface area contributed by atoms with Gasteiger partial charge in [-0.1, -0.05) is 30.3 Å². The molecule has 6 heteroatoms. The molecule has 0 bridgehead atoms. The first-order chi connectivity index (χ1) is 10.9. The van der Waals surface area contributed by atoms with E-state index in [9.17, 15) is 19.5 Å². The number of nitrogens with zero attached hydrogens (tertiary/aromatic N) is 1. The van der Waals surface area contributed by atoms with Crippen molar-refractivity contribution in [2.75, 3.05) is 13.1 Å². The van der Waals surface area contributed by atoms with Crippen molar-refractivity contribution >= 4 is 17.7 Å². The largest absolute Gasteiger partial charge is 0.388 e. The lowest BCUT2D eigenvalue weighted by Crippen LogP contribution is -2.45. The van der Waals surface area contributed by atoms with Crippen LogP contribution < -0.4 is 5.32 Å². The zero-order chi connectivity index (χ0) is 16.9. The van der Waals surface area contributed by atoms with E-state index in [2.05, 4.69) is 5.32 Å². The minimum atomic E-state index is -1.05. The number of likely N-dealkylation sites (tertiary alicyclic amines) is 1. The summed E-state index contributed by atoms with van der Waals surface area (Å²) in [6, 6.07) is 9.78. The fourth-order valence-corrected chi connectivity index (χ4v) is 2.43. The molecule has 0 aromatic heterocycles. The molecule has 2 rings (SSSR count). The molecule has 0 radical (unpaired) electrons. The third-order valence-electron chi connectivity index (χ3n) is 3.92. The lowest BCUT2D eigenvalue weighted by Gasteiger charge is -2.24. The molecule has 1 aromatic carbocycles. The Kier molecular flexibility index (Phi) is 5.50. The minimum Gasteiger partial charge on any atom is -0.388 e. The van der Waals surface area contributed by atoms with Crippen molar-refractivity contribution in [2.45, 2.75) is 38.2 Å². The number of aliphatic hydroxyl groups is 1. The molecule has 1 saturated heterocycles. The second-order valence-electron chi connectivity index (χ2n) is 6.13.